The van der Waals surface area contributed by atoms with Crippen LogP contribution in [0.4, 0.5) is 4.79 Å². The van der Waals surface area contributed by atoms with Crippen LogP contribution in [-0.4, -0.2) is 42.4 Å². The SMILES string of the molecule is CC1(CNC(=O)NC(C)(C)C(=O)O)CCOCC1. The molecular formula is C12H22N2O4. The van der Waals surface area contributed by atoms with Crippen molar-refractivity contribution >= 4 is 12.0 Å². The molecule has 0 aliphatic carbocycles. The lowest BCUT2D eigenvalue weighted by Gasteiger charge is -2.34. The summed E-state index contributed by atoms with van der Waals surface area (Å²) in [4.78, 5) is 22.5. The summed E-state index contributed by atoms with van der Waals surface area (Å²) >= 11 is 0. The smallest absolute Gasteiger partial charge is 0.328 e. The first-order valence-corrected chi connectivity index (χ1v) is 6.12. The van der Waals surface area contributed by atoms with E-state index in [2.05, 4.69) is 17.6 Å². The van der Waals surface area contributed by atoms with Crippen molar-refractivity contribution in [2.75, 3.05) is 19.8 Å². The number of amides is 2. The molecule has 1 aliphatic rings. The second kappa shape index (κ2) is 5.56. The highest BCUT2D eigenvalue weighted by Gasteiger charge is 2.31. The van der Waals surface area contributed by atoms with Crippen LogP contribution in [0, 0.1) is 5.41 Å². The van der Waals surface area contributed by atoms with Crippen molar-refractivity contribution in [3.63, 3.8) is 0 Å². The van der Waals surface area contributed by atoms with Crippen LogP contribution in [0.15, 0.2) is 0 Å². The van der Waals surface area contributed by atoms with Gasteiger partial charge in [0, 0.05) is 19.8 Å². The molecular weight excluding hydrogens is 236 g/mol. The number of carbonyl (C=O) groups is 2. The zero-order valence-corrected chi connectivity index (χ0v) is 11.2. The van der Waals surface area contributed by atoms with Crippen molar-refractivity contribution in [2.45, 2.75) is 39.2 Å². The molecule has 6 nitrogen and oxygen atoms in total. The lowest BCUT2D eigenvalue weighted by Crippen LogP contribution is -2.54. The van der Waals surface area contributed by atoms with E-state index in [1.807, 2.05) is 0 Å². The van der Waals surface area contributed by atoms with Gasteiger partial charge in [0.2, 0.25) is 0 Å². The molecule has 1 fully saturated rings. The monoisotopic (exact) mass is 258 g/mol. The van der Waals surface area contributed by atoms with Crippen LogP contribution in [0.5, 0.6) is 0 Å². The Labute approximate surface area is 107 Å². The molecule has 1 aliphatic heterocycles. The van der Waals surface area contributed by atoms with Gasteiger partial charge < -0.3 is 20.5 Å². The Morgan fingerprint density at radius 2 is 1.89 bits per heavy atom. The summed E-state index contributed by atoms with van der Waals surface area (Å²) in [6.07, 6.45) is 1.80. The number of hydrogen-bond acceptors (Lipinski definition) is 3. The molecule has 0 aromatic heterocycles. The topological polar surface area (TPSA) is 87.7 Å². The van der Waals surface area contributed by atoms with E-state index >= 15 is 0 Å². The maximum atomic E-state index is 11.6. The third-order valence-electron chi connectivity index (χ3n) is 3.34. The lowest BCUT2D eigenvalue weighted by molar-refractivity contribution is -0.142. The van der Waals surface area contributed by atoms with E-state index in [4.69, 9.17) is 9.84 Å². The molecule has 18 heavy (non-hydrogen) atoms. The number of hydrogen-bond donors (Lipinski definition) is 3. The van der Waals surface area contributed by atoms with Gasteiger partial charge >= 0.3 is 12.0 Å². The highest BCUT2D eigenvalue weighted by Crippen LogP contribution is 2.28. The summed E-state index contributed by atoms with van der Waals surface area (Å²) in [6.45, 7) is 6.94. The van der Waals surface area contributed by atoms with Crippen molar-refractivity contribution in [3.8, 4) is 0 Å². The number of carbonyl (C=O) groups excluding carboxylic acids is 1. The first-order valence-electron chi connectivity index (χ1n) is 6.12. The third-order valence-corrected chi connectivity index (χ3v) is 3.34. The Morgan fingerprint density at radius 3 is 2.39 bits per heavy atom. The van der Waals surface area contributed by atoms with Crippen molar-refractivity contribution in [1.29, 1.82) is 0 Å². The molecule has 0 bridgehead atoms. The zero-order chi connectivity index (χ0) is 13.8. The second-order valence-corrected chi connectivity index (χ2v) is 5.66. The maximum absolute atomic E-state index is 11.6. The molecule has 2 amide bonds. The minimum absolute atomic E-state index is 0.0307. The summed E-state index contributed by atoms with van der Waals surface area (Å²) in [5, 5.41) is 14.1. The van der Waals surface area contributed by atoms with Crippen molar-refractivity contribution in [3.05, 3.63) is 0 Å². The van der Waals surface area contributed by atoms with Gasteiger partial charge in [-0.1, -0.05) is 6.92 Å². The molecule has 1 rings (SSSR count). The molecule has 0 spiro atoms. The highest BCUT2D eigenvalue weighted by molar-refractivity contribution is 5.85. The Morgan fingerprint density at radius 1 is 1.33 bits per heavy atom. The molecule has 0 atom stereocenters. The van der Waals surface area contributed by atoms with Crippen molar-refractivity contribution in [2.24, 2.45) is 5.41 Å². The number of urea groups is 1. The van der Waals surface area contributed by atoms with E-state index < -0.39 is 17.5 Å². The van der Waals surface area contributed by atoms with Gasteiger partial charge in [-0.2, -0.15) is 0 Å². The maximum Gasteiger partial charge on any atom is 0.328 e. The second-order valence-electron chi connectivity index (χ2n) is 5.66. The van der Waals surface area contributed by atoms with Crippen molar-refractivity contribution < 1.29 is 19.4 Å². The van der Waals surface area contributed by atoms with Gasteiger partial charge in [-0.15, -0.1) is 0 Å². The van der Waals surface area contributed by atoms with E-state index in [1.54, 1.807) is 0 Å². The quantitative estimate of drug-likeness (QED) is 0.701. The molecule has 0 saturated carbocycles. The van der Waals surface area contributed by atoms with Crippen LogP contribution < -0.4 is 10.6 Å². The van der Waals surface area contributed by atoms with E-state index in [9.17, 15) is 9.59 Å². The van der Waals surface area contributed by atoms with Crippen LogP contribution in [0.3, 0.4) is 0 Å². The van der Waals surface area contributed by atoms with Gasteiger partial charge in [-0.25, -0.2) is 9.59 Å². The molecule has 0 aromatic rings. The minimum Gasteiger partial charge on any atom is -0.480 e. The molecule has 104 valence electrons. The van der Waals surface area contributed by atoms with E-state index in [-0.39, 0.29) is 5.41 Å². The molecule has 1 saturated heterocycles. The van der Waals surface area contributed by atoms with Gasteiger partial charge in [0.15, 0.2) is 0 Å². The lowest BCUT2D eigenvalue weighted by atomic mass is 9.82. The Kier molecular flexibility index (Phi) is 4.56. The number of aliphatic carboxylic acids is 1. The number of carboxylic acids is 1. The van der Waals surface area contributed by atoms with Crippen molar-refractivity contribution in [1.82, 2.24) is 10.6 Å². The molecule has 0 aromatic carbocycles. The van der Waals surface area contributed by atoms with Crippen LogP contribution in [-0.2, 0) is 9.53 Å². The average Bonchev–Trinajstić information content (AvgIpc) is 2.27. The number of rotatable bonds is 4. The minimum atomic E-state index is -1.26. The molecule has 1 heterocycles. The van der Waals surface area contributed by atoms with Gasteiger partial charge in [0.1, 0.15) is 5.54 Å². The predicted octanol–water partition coefficient (Wildman–Crippen LogP) is 0.965. The van der Waals surface area contributed by atoms with E-state index in [1.165, 1.54) is 13.8 Å². The fraction of sp³-hybridized carbons (Fsp3) is 0.833. The molecule has 0 unspecified atom stereocenters. The first-order chi connectivity index (χ1) is 8.25. The molecule has 0 radical (unpaired) electrons. The molecule has 3 N–H and O–H groups in total. The van der Waals surface area contributed by atoms with E-state index in [0.717, 1.165) is 12.8 Å². The van der Waals surface area contributed by atoms with Gasteiger partial charge in [-0.05, 0) is 32.1 Å². The van der Waals surface area contributed by atoms with Crippen LogP contribution in [0.2, 0.25) is 0 Å². The summed E-state index contributed by atoms with van der Waals surface area (Å²) in [5.41, 5.74) is -1.23. The number of ether oxygens (including phenoxy) is 1. The Hall–Kier alpha value is -1.30. The fourth-order valence-corrected chi connectivity index (χ4v) is 1.72. The average molecular weight is 258 g/mol. The summed E-state index contributed by atoms with van der Waals surface area (Å²) in [5.74, 6) is -1.06. The summed E-state index contributed by atoms with van der Waals surface area (Å²) < 4.78 is 5.28. The van der Waals surface area contributed by atoms with E-state index in [0.29, 0.717) is 19.8 Å². The first kappa shape index (κ1) is 14.8. The number of carboxylic acid groups (broad SMARTS) is 1. The van der Waals surface area contributed by atoms with Gasteiger partial charge in [-0.3, -0.25) is 0 Å². The largest absolute Gasteiger partial charge is 0.480 e. The summed E-state index contributed by atoms with van der Waals surface area (Å²) in [7, 11) is 0. The van der Waals surface area contributed by atoms with Gasteiger partial charge in [0.25, 0.3) is 0 Å². The van der Waals surface area contributed by atoms with Gasteiger partial charge in [0.05, 0.1) is 0 Å². The van der Waals surface area contributed by atoms with Crippen LogP contribution in [0.1, 0.15) is 33.6 Å². The summed E-state index contributed by atoms with van der Waals surface area (Å²) in [6, 6.07) is -0.449. The van der Waals surface area contributed by atoms with Crippen LogP contribution >= 0.6 is 0 Å². The Bertz CT molecular complexity index is 322. The number of nitrogens with one attached hydrogen (secondary N) is 2. The Balaban J connectivity index is 2.39. The fourth-order valence-electron chi connectivity index (χ4n) is 1.72. The third kappa shape index (κ3) is 4.18. The van der Waals surface area contributed by atoms with Crippen LogP contribution in [0.25, 0.3) is 0 Å². The molecule has 6 heteroatoms. The standard InChI is InChI=1S/C12H22N2O4/c1-11(2,9(15)16)14-10(17)13-8-12(3)4-6-18-7-5-12/h4-8H2,1-3H3,(H,15,16)(H2,13,14,17). The highest BCUT2D eigenvalue weighted by atomic mass is 16.5. The zero-order valence-electron chi connectivity index (χ0n) is 11.2. The normalized spacial score (nSPS) is 19.1. The predicted molar refractivity (Wildman–Crippen MR) is 66.4 cm³/mol.